The van der Waals surface area contributed by atoms with Crippen molar-refractivity contribution in [2.75, 3.05) is 25.0 Å². The lowest BCUT2D eigenvalue weighted by Gasteiger charge is -2.25. The van der Waals surface area contributed by atoms with E-state index in [1.165, 1.54) is 6.07 Å². The van der Waals surface area contributed by atoms with Crippen molar-refractivity contribution in [3.63, 3.8) is 0 Å². The molecule has 0 radical (unpaired) electrons. The molecule has 0 aliphatic carbocycles. The quantitative estimate of drug-likeness (QED) is 0.763. The van der Waals surface area contributed by atoms with Gasteiger partial charge in [0, 0.05) is 19.6 Å². The molecule has 1 aromatic rings. The summed E-state index contributed by atoms with van der Waals surface area (Å²) in [7, 11) is 1.88. The molecule has 94 valence electrons. The molecule has 0 fully saturated rings. The molecular formula is C14H21FN2. The van der Waals surface area contributed by atoms with Crippen LogP contribution in [0, 0.1) is 5.82 Å². The molecule has 0 heterocycles. The van der Waals surface area contributed by atoms with E-state index in [2.05, 4.69) is 11.9 Å². The third-order valence-corrected chi connectivity index (χ3v) is 2.78. The minimum absolute atomic E-state index is 0.137. The summed E-state index contributed by atoms with van der Waals surface area (Å²) in [5.41, 5.74) is 1.64. The number of rotatable bonds is 6. The fourth-order valence-corrected chi connectivity index (χ4v) is 1.99. The average molecular weight is 236 g/mol. The highest BCUT2D eigenvalue weighted by Crippen LogP contribution is 2.28. The fraction of sp³-hybridized carbons (Fsp3) is 0.429. The van der Waals surface area contributed by atoms with Gasteiger partial charge in [-0.15, -0.1) is 6.58 Å². The van der Waals surface area contributed by atoms with Crippen molar-refractivity contribution in [3.05, 3.63) is 42.2 Å². The van der Waals surface area contributed by atoms with Crippen LogP contribution in [-0.2, 0) is 0 Å². The maximum absolute atomic E-state index is 13.9. The van der Waals surface area contributed by atoms with E-state index in [0.29, 0.717) is 12.2 Å². The Morgan fingerprint density at radius 2 is 2.24 bits per heavy atom. The van der Waals surface area contributed by atoms with Crippen LogP contribution in [0.5, 0.6) is 0 Å². The summed E-state index contributed by atoms with van der Waals surface area (Å²) in [5.74, 6) is -0.184. The van der Waals surface area contributed by atoms with Crippen LogP contribution in [0.4, 0.5) is 10.1 Å². The summed E-state index contributed by atoms with van der Waals surface area (Å²) in [6.07, 6.45) is 1.77. The largest absolute Gasteiger partial charge is 0.368 e. The third kappa shape index (κ3) is 3.30. The van der Waals surface area contributed by atoms with E-state index < -0.39 is 0 Å². The van der Waals surface area contributed by atoms with E-state index >= 15 is 0 Å². The van der Waals surface area contributed by atoms with Crippen molar-refractivity contribution in [1.82, 2.24) is 5.32 Å². The monoisotopic (exact) mass is 236 g/mol. The Morgan fingerprint density at radius 1 is 1.53 bits per heavy atom. The Bertz CT molecular complexity index is 376. The molecule has 0 saturated heterocycles. The lowest BCUT2D eigenvalue weighted by Crippen LogP contribution is -2.24. The Kier molecular flexibility index (Phi) is 5.16. The number of anilines is 1. The average Bonchev–Trinajstić information content (AvgIpc) is 2.29. The molecule has 0 aliphatic rings. The summed E-state index contributed by atoms with van der Waals surface area (Å²) in [5, 5.41) is 3.31. The van der Waals surface area contributed by atoms with Crippen LogP contribution in [0.2, 0.25) is 0 Å². The first-order valence-electron chi connectivity index (χ1n) is 5.95. The minimum Gasteiger partial charge on any atom is -0.368 e. The number of hydrogen-bond acceptors (Lipinski definition) is 2. The van der Waals surface area contributed by atoms with Crippen LogP contribution in [0.1, 0.15) is 25.5 Å². The predicted octanol–water partition coefficient (Wildman–Crippen LogP) is 3.12. The number of para-hydroxylation sites is 1. The second kappa shape index (κ2) is 6.40. The van der Waals surface area contributed by atoms with Gasteiger partial charge >= 0.3 is 0 Å². The second-order valence-electron chi connectivity index (χ2n) is 4.13. The van der Waals surface area contributed by atoms with E-state index in [0.717, 1.165) is 12.1 Å². The summed E-state index contributed by atoms with van der Waals surface area (Å²) in [6.45, 7) is 9.27. The van der Waals surface area contributed by atoms with E-state index in [1.54, 1.807) is 12.1 Å². The van der Waals surface area contributed by atoms with Crippen LogP contribution < -0.4 is 10.2 Å². The molecule has 2 nitrogen and oxygen atoms in total. The van der Waals surface area contributed by atoms with Crippen LogP contribution in [0.3, 0.4) is 0 Å². The molecule has 1 N–H and O–H groups in total. The number of nitrogens with one attached hydrogen (secondary N) is 1. The van der Waals surface area contributed by atoms with E-state index in [-0.39, 0.29) is 11.9 Å². The van der Waals surface area contributed by atoms with E-state index in [4.69, 9.17) is 0 Å². The van der Waals surface area contributed by atoms with Gasteiger partial charge in [-0.3, -0.25) is 0 Å². The highest BCUT2D eigenvalue weighted by molar-refractivity contribution is 5.56. The van der Waals surface area contributed by atoms with Gasteiger partial charge in [-0.1, -0.05) is 25.1 Å². The number of hydrogen-bond donors (Lipinski definition) is 1. The van der Waals surface area contributed by atoms with Crippen molar-refractivity contribution in [1.29, 1.82) is 0 Å². The van der Waals surface area contributed by atoms with Crippen molar-refractivity contribution in [2.24, 2.45) is 0 Å². The second-order valence-corrected chi connectivity index (χ2v) is 4.13. The third-order valence-electron chi connectivity index (χ3n) is 2.78. The molecule has 1 rings (SSSR count). The van der Waals surface area contributed by atoms with E-state index in [9.17, 15) is 4.39 Å². The van der Waals surface area contributed by atoms with Gasteiger partial charge in [0.15, 0.2) is 0 Å². The normalized spacial score (nSPS) is 12.2. The first kappa shape index (κ1) is 13.7. The van der Waals surface area contributed by atoms with Crippen molar-refractivity contribution < 1.29 is 4.39 Å². The molecule has 0 bridgehead atoms. The molecule has 0 amide bonds. The maximum Gasteiger partial charge on any atom is 0.146 e. The van der Waals surface area contributed by atoms with Crippen molar-refractivity contribution >= 4 is 5.69 Å². The highest BCUT2D eigenvalue weighted by atomic mass is 19.1. The summed E-state index contributed by atoms with van der Waals surface area (Å²) in [4.78, 5) is 1.88. The predicted molar refractivity (Wildman–Crippen MR) is 72.0 cm³/mol. The van der Waals surface area contributed by atoms with E-state index in [1.807, 2.05) is 31.9 Å². The zero-order chi connectivity index (χ0) is 12.8. The maximum atomic E-state index is 13.9. The molecule has 3 heteroatoms. The van der Waals surface area contributed by atoms with Gasteiger partial charge in [0.25, 0.3) is 0 Å². The topological polar surface area (TPSA) is 15.3 Å². The molecule has 0 aliphatic heterocycles. The van der Waals surface area contributed by atoms with Crippen LogP contribution >= 0.6 is 0 Å². The van der Waals surface area contributed by atoms with Crippen LogP contribution in [0.25, 0.3) is 0 Å². The molecular weight excluding hydrogens is 215 g/mol. The van der Waals surface area contributed by atoms with Gasteiger partial charge in [-0.25, -0.2) is 4.39 Å². The molecule has 1 unspecified atom stereocenters. The molecule has 1 atom stereocenters. The Hall–Kier alpha value is -1.35. The summed E-state index contributed by atoms with van der Waals surface area (Å²) >= 11 is 0. The first-order valence-corrected chi connectivity index (χ1v) is 5.95. The number of halogens is 1. The molecule has 0 spiro atoms. The lowest BCUT2D eigenvalue weighted by atomic mass is 10.0. The van der Waals surface area contributed by atoms with Gasteiger partial charge in [0.1, 0.15) is 5.82 Å². The smallest absolute Gasteiger partial charge is 0.146 e. The Morgan fingerprint density at radius 3 is 2.82 bits per heavy atom. The fourth-order valence-electron chi connectivity index (χ4n) is 1.99. The summed E-state index contributed by atoms with van der Waals surface area (Å²) in [6, 6.07) is 5.35. The lowest BCUT2D eigenvalue weighted by molar-refractivity contribution is 0.581. The van der Waals surface area contributed by atoms with Gasteiger partial charge in [0.2, 0.25) is 0 Å². The SMILES string of the molecule is C=CCN(C)c1c(F)cccc1C(C)NCC. The molecule has 17 heavy (non-hydrogen) atoms. The number of likely N-dealkylation sites (N-methyl/N-ethyl adjacent to an activating group) is 1. The molecule has 1 aromatic carbocycles. The number of benzene rings is 1. The summed E-state index contributed by atoms with van der Waals surface area (Å²) < 4.78 is 13.9. The van der Waals surface area contributed by atoms with Crippen molar-refractivity contribution in [2.45, 2.75) is 19.9 Å². The zero-order valence-electron chi connectivity index (χ0n) is 10.8. The van der Waals surface area contributed by atoms with Gasteiger partial charge < -0.3 is 10.2 Å². The van der Waals surface area contributed by atoms with Crippen LogP contribution in [0.15, 0.2) is 30.9 Å². The molecule has 0 aromatic heterocycles. The minimum atomic E-state index is -0.184. The van der Waals surface area contributed by atoms with Crippen molar-refractivity contribution in [3.8, 4) is 0 Å². The highest BCUT2D eigenvalue weighted by Gasteiger charge is 2.16. The Balaban J connectivity index is 3.11. The zero-order valence-corrected chi connectivity index (χ0v) is 10.8. The number of nitrogens with zero attached hydrogens (tertiary/aromatic N) is 1. The van der Waals surface area contributed by atoms with Crippen LogP contribution in [-0.4, -0.2) is 20.1 Å². The first-order chi connectivity index (χ1) is 8.11. The van der Waals surface area contributed by atoms with Gasteiger partial charge in [-0.05, 0) is 25.1 Å². The Labute approximate surface area is 103 Å². The standard InChI is InChI=1S/C14H21FN2/c1-5-10-17(4)14-12(11(3)16-6-2)8-7-9-13(14)15/h5,7-9,11,16H,1,6,10H2,2-4H3. The van der Waals surface area contributed by atoms with Gasteiger partial charge in [0.05, 0.1) is 5.69 Å². The molecule has 0 saturated carbocycles. The van der Waals surface area contributed by atoms with Gasteiger partial charge in [-0.2, -0.15) is 0 Å².